The van der Waals surface area contributed by atoms with Crippen molar-refractivity contribution in [1.29, 1.82) is 0 Å². The van der Waals surface area contributed by atoms with Gasteiger partial charge in [0.25, 0.3) is 0 Å². The number of likely N-dealkylation sites (N-methyl/N-ethyl adjacent to an activating group) is 1. The lowest BCUT2D eigenvalue weighted by Crippen LogP contribution is -2.45. The maximum atomic E-state index is 12.1. The minimum Gasteiger partial charge on any atom is -0.338 e. The number of piperidine rings is 1. The Morgan fingerprint density at radius 1 is 1.26 bits per heavy atom. The first-order chi connectivity index (χ1) is 10.9. The largest absolute Gasteiger partial charge is 0.338 e. The van der Waals surface area contributed by atoms with E-state index in [1.54, 1.807) is 0 Å². The molecule has 1 aromatic heterocycles. The highest BCUT2D eigenvalue weighted by Gasteiger charge is 2.26. The number of rotatable bonds is 3. The van der Waals surface area contributed by atoms with E-state index < -0.39 is 9.84 Å². The van der Waals surface area contributed by atoms with E-state index in [0.717, 1.165) is 52.1 Å². The van der Waals surface area contributed by atoms with Gasteiger partial charge in [0.15, 0.2) is 9.84 Å². The molecule has 0 aliphatic carbocycles. The molecule has 0 aromatic carbocycles. The number of sulfone groups is 1. The van der Waals surface area contributed by atoms with Crippen molar-refractivity contribution in [2.45, 2.75) is 23.7 Å². The van der Waals surface area contributed by atoms with Crippen molar-refractivity contribution in [2.75, 3.05) is 57.5 Å². The molecule has 0 bridgehead atoms. The van der Waals surface area contributed by atoms with Crippen molar-refractivity contribution in [3.8, 4) is 0 Å². The lowest BCUT2D eigenvalue weighted by molar-refractivity contribution is 0.311. The van der Waals surface area contributed by atoms with Crippen LogP contribution in [0.3, 0.4) is 0 Å². The zero-order valence-electron chi connectivity index (χ0n) is 13.8. The molecular weight excluding hydrogens is 314 g/mol. The Morgan fingerprint density at radius 2 is 2.00 bits per heavy atom. The van der Waals surface area contributed by atoms with Gasteiger partial charge in [0.1, 0.15) is 4.90 Å². The Labute approximate surface area is 138 Å². The fraction of sp³-hybridized carbons (Fsp3) is 0.733. The Bertz CT molecular complexity index is 650. The van der Waals surface area contributed by atoms with Crippen LogP contribution in [0.4, 0.5) is 5.95 Å². The van der Waals surface area contributed by atoms with Crippen molar-refractivity contribution < 1.29 is 8.42 Å². The predicted molar refractivity (Wildman–Crippen MR) is 89.7 cm³/mol. The van der Waals surface area contributed by atoms with E-state index >= 15 is 0 Å². The maximum absolute atomic E-state index is 12.1. The van der Waals surface area contributed by atoms with Crippen LogP contribution in [0.25, 0.3) is 0 Å². The third-order valence-electron chi connectivity index (χ3n) is 4.64. The molecule has 7 nitrogen and oxygen atoms in total. The number of nitrogens with one attached hydrogen (secondary N) is 1. The van der Waals surface area contributed by atoms with Gasteiger partial charge in [-0.25, -0.2) is 18.4 Å². The first kappa shape index (κ1) is 16.6. The zero-order valence-corrected chi connectivity index (χ0v) is 14.6. The zero-order chi connectivity index (χ0) is 16.4. The summed E-state index contributed by atoms with van der Waals surface area (Å²) in [5.74, 6) is 0.800. The highest BCUT2D eigenvalue weighted by Crippen LogP contribution is 2.28. The summed E-state index contributed by atoms with van der Waals surface area (Å²) >= 11 is 0. The van der Waals surface area contributed by atoms with Crippen molar-refractivity contribution in [3.63, 3.8) is 0 Å². The molecule has 2 aliphatic heterocycles. The molecule has 8 heteroatoms. The van der Waals surface area contributed by atoms with Crippen LogP contribution in [0.1, 0.15) is 24.5 Å². The summed E-state index contributed by atoms with van der Waals surface area (Å²) in [5.41, 5.74) is 0.684. The van der Waals surface area contributed by atoms with Crippen LogP contribution in [0.2, 0.25) is 0 Å². The minimum atomic E-state index is -3.32. The van der Waals surface area contributed by atoms with E-state index in [1.807, 2.05) is 0 Å². The molecule has 0 amide bonds. The van der Waals surface area contributed by atoms with Gasteiger partial charge in [-0.2, -0.15) is 0 Å². The molecule has 0 saturated carbocycles. The van der Waals surface area contributed by atoms with Crippen LogP contribution in [-0.2, 0) is 9.84 Å². The monoisotopic (exact) mass is 339 g/mol. The summed E-state index contributed by atoms with van der Waals surface area (Å²) in [7, 11) is -1.22. The average Bonchev–Trinajstić information content (AvgIpc) is 2.55. The maximum Gasteiger partial charge on any atom is 0.225 e. The second kappa shape index (κ2) is 6.70. The number of hydrogen-bond donors (Lipinski definition) is 1. The van der Waals surface area contributed by atoms with Gasteiger partial charge >= 0.3 is 0 Å². The van der Waals surface area contributed by atoms with Crippen molar-refractivity contribution >= 4 is 15.8 Å². The molecule has 3 rings (SSSR count). The van der Waals surface area contributed by atoms with Gasteiger partial charge in [0, 0.05) is 44.9 Å². The van der Waals surface area contributed by atoms with E-state index in [9.17, 15) is 8.42 Å². The number of hydrogen-bond acceptors (Lipinski definition) is 7. The fourth-order valence-corrected chi connectivity index (χ4v) is 4.03. The van der Waals surface area contributed by atoms with Crippen molar-refractivity contribution in [2.24, 2.45) is 0 Å². The van der Waals surface area contributed by atoms with Gasteiger partial charge in [0.2, 0.25) is 5.95 Å². The standard InChI is InChI=1S/C15H25N5O2S/c1-19-6-8-20(9-7-19)15-17-11-13(23(2,21)22)14(18-15)12-4-3-5-16-10-12/h11-12,16H,3-10H2,1-2H3. The van der Waals surface area contributed by atoms with Gasteiger partial charge in [0.05, 0.1) is 11.9 Å². The quantitative estimate of drug-likeness (QED) is 0.837. The molecule has 3 heterocycles. The van der Waals surface area contributed by atoms with E-state index in [2.05, 4.69) is 32.1 Å². The topological polar surface area (TPSA) is 78.4 Å². The molecule has 1 N–H and O–H groups in total. The summed E-state index contributed by atoms with van der Waals surface area (Å²) in [6.07, 6.45) is 4.75. The Kier molecular flexibility index (Phi) is 4.84. The molecule has 0 radical (unpaired) electrons. The third kappa shape index (κ3) is 3.81. The molecule has 2 saturated heterocycles. The summed E-state index contributed by atoms with van der Waals surface area (Å²) in [6.45, 7) is 5.45. The van der Waals surface area contributed by atoms with Crippen LogP contribution >= 0.6 is 0 Å². The first-order valence-corrected chi connectivity index (χ1v) is 10.1. The first-order valence-electron chi connectivity index (χ1n) is 8.16. The molecule has 1 atom stereocenters. The molecule has 0 spiro atoms. The smallest absolute Gasteiger partial charge is 0.225 e. The Balaban J connectivity index is 1.94. The molecule has 23 heavy (non-hydrogen) atoms. The summed E-state index contributed by atoms with van der Waals surface area (Å²) in [4.78, 5) is 13.7. The van der Waals surface area contributed by atoms with Gasteiger partial charge in [-0.3, -0.25) is 0 Å². The molecule has 2 fully saturated rings. The number of anilines is 1. The van der Waals surface area contributed by atoms with E-state index in [-0.39, 0.29) is 10.8 Å². The lowest BCUT2D eigenvalue weighted by atomic mass is 9.96. The normalized spacial score (nSPS) is 23.9. The number of aromatic nitrogens is 2. The predicted octanol–water partition coefficient (Wildman–Crippen LogP) is 0.0989. The van der Waals surface area contributed by atoms with Crippen LogP contribution in [0.15, 0.2) is 11.1 Å². The highest BCUT2D eigenvalue weighted by molar-refractivity contribution is 7.90. The third-order valence-corrected chi connectivity index (χ3v) is 5.75. The molecular formula is C15H25N5O2S. The molecule has 128 valence electrons. The summed E-state index contributed by atoms with van der Waals surface area (Å²) < 4.78 is 24.2. The van der Waals surface area contributed by atoms with Gasteiger partial charge in [-0.05, 0) is 26.4 Å². The van der Waals surface area contributed by atoms with Gasteiger partial charge in [-0.15, -0.1) is 0 Å². The second-order valence-electron chi connectivity index (χ2n) is 6.53. The molecule has 2 aliphatic rings. The Hall–Kier alpha value is -1.25. The van der Waals surface area contributed by atoms with Crippen LogP contribution in [-0.4, -0.2) is 75.9 Å². The van der Waals surface area contributed by atoms with Crippen LogP contribution in [0.5, 0.6) is 0 Å². The second-order valence-corrected chi connectivity index (χ2v) is 8.51. The van der Waals surface area contributed by atoms with Gasteiger partial charge in [-0.1, -0.05) is 0 Å². The molecule has 1 aromatic rings. The van der Waals surface area contributed by atoms with E-state index in [0.29, 0.717) is 11.6 Å². The van der Waals surface area contributed by atoms with E-state index in [1.165, 1.54) is 12.5 Å². The highest BCUT2D eigenvalue weighted by atomic mass is 32.2. The summed E-state index contributed by atoms with van der Waals surface area (Å²) in [5, 5.41) is 3.34. The summed E-state index contributed by atoms with van der Waals surface area (Å²) in [6, 6.07) is 0. The SMILES string of the molecule is CN1CCN(c2ncc(S(C)(=O)=O)c(C3CCCNC3)n2)CC1. The number of piperazine rings is 1. The lowest BCUT2D eigenvalue weighted by Gasteiger charge is -2.33. The molecule has 1 unspecified atom stereocenters. The van der Waals surface area contributed by atoms with Crippen molar-refractivity contribution in [3.05, 3.63) is 11.9 Å². The van der Waals surface area contributed by atoms with Crippen LogP contribution in [0, 0.1) is 0 Å². The fourth-order valence-electron chi connectivity index (χ4n) is 3.20. The van der Waals surface area contributed by atoms with Crippen LogP contribution < -0.4 is 10.2 Å². The van der Waals surface area contributed by atoms with Gasteiger partial charge < -0.3 is 15.1 Å². The van der Waals surface area contributed by atoms with Crippen molar-refractivity contribution in [1.82, 2.24) is 20.2 Å². The number of nitrogens with zero attached hydrogens (tertiary/aromatic N) is 4. The average molecular weight is 339 g/mol. The Morgan fingerprint density at radius 3 is 2.61 bits per heavy atom. The minimum absolute atomic E-state index is 0.141. The van der Waals surface area contributed by atoms with E-state index in [4.69, 9.17) is 0 Å².